The van der Waals surface area contributed by atoms with Crippen molar-refractivity contribution in [2.75, 3.05) is 13.2 Å². The molecule has 35 heavy (non-hydrogen) atoms. The van der Waals surface area contributed by atoms with Crippen LogP contribution in [0.4, 0.5) is 4.79 Å². The van der Waals surface area contributed by atoms with Crippen LogP contribution in [0.25, 0.3) is 11.1 Å². The van der Waals surface area contributed by atoms with Crippen LogP contribution in [0.1, 0.15) is 46.3 Å². The van der Waals surface area contributed by atoms with Crippen LogP contribution in [0.2, 0.25) is 0 Å². The van der Waals surface area contributed by atoms with E-state index in [1.165, 1.54) is 11.1 Å². The van der Waals surface area contributed by atoms with Gasteiger partial charge in [-0.3, -0.25) is 4.79 Å². The molecule has 0 aromatic heterocycles. The summed E-state index contributed by atoms with van der Waals surface area (Å²) in [6.45, 7) is 2.40. The Morgan fingerprint density at radius 2 is 1.51 bits per heavy atom. The average molecular weight is 473 g/mol. The maximum Gasteiger partial charge on any atom is 0.407 e. The third kappa shape index (κ3) is 5.87. The second-order valence-electron chi connectivity index (χ2n) is 8.68. The molecule has 0 spiro atoms. The van der Waals surface area contributed by atoms with E-state index in [2.05, 4.69) is 34.9 Å². The first kappa shape index (κ1) is 24.0. The van der Waals surface area contributed by atoms with Crippen LogP contribution in [0.5, 0.6) is 0 Å². The van der Waals surface area contributed by atoms with Crippen molar-refractivity contribution in [3.05, 3.63) is 95.1 Å². The van der Waals surface area contributed by atoms with Gasteiger partial charge < -0.3 is 20.5 Å². The number of alkyl carbamates (subject to hydrolysis) is 1. The van der Waals surface area contributed by atoms with Gasteiger partial charge in [-0.25, -0.2) is 9.59 Å². The van der Waals surface area contributed by atoms with Gasteiger partial charge in [0, 0.05) is 24.9 Å². The molecule has 1 atom stereocenters. The van der Waals surface area contributed by atoms with Crippen molar-refractivity contribution >= 4 is 18.0 Å². The van der Waals surface area contributed by atoms with E-state index in [1.54, 1.807) is 31.2 Å². The Morgan fingerprint density at radius 1 is 0.914 bits per heavy atom. The number of carboxylic acids is 1. The minimum absolute atomic E-state index is 0.0173. The number of carbonyl (C=O) groups excluding carboxylic acids is 2. The monoisotopic (exact) mass is 472 g/mol. The molecule has 7 heteroatoms. The summed E-state index contributed by atoms with van der Waals surface area (Å²) in [5.74, 6) is -1.17. The molecule has 0 unspecified atom stereocenters. The highest BCUT2D eigenvalue weighted by molar-refractivity contribution is 5.87. The summed E-state index contributed by atoms with van der Waals surface area (Å²) >= 11 is 0. The second-order valence-corrected chi connectivity index (χ2v) is 8.68. The van der Waals surface area contributed by atoms with Crippen LogP contribution in [0.15, 0.2) is 72.8 Å². The van der Waals surface area contributed by atoms with E-state index in [0.29, 0.717) is 13.0 Å². The van der Waals surface area contributed by atoms with E-state index in [4.69, 9.17) is 9.84 Å². The summed E-state index contributed by atoms with van der Waals surface area (Å²) in [6, 6.07) is 22.4. The fourth-order valence-electron chi connectivity index (χ4n) is 4.40. The molecule has 0 saturated heterocycles. The van der Waals surface area contributed by atoms with Gasteiger partial charge in [0.05, 0.1) is 5.56 Å². The molecular formula is C28H28N2O5. The number of nitrogens with one attached hydrogen (secondary N) is 2. The van der Waals surface area contributed by atoms with Crippen molar-refractivity contribution in [2.45, 2.75) is 31.7 Å². The van der Waals surface area contributed by atoms with E-state index in [1.807, 2.05) is 24.3 Å². The lowest BCUT2D eigenvalue weighted by molar-refractivity contribution is -0.121. The molecule has 1 aliphatic carbocycles. The molecule has 4 rings (SSSR count). The summed E-state index contributed by atoms with van der Waals surface area (Å²) in [4.78, 5) is 35.5. The minimum atomic E-state index is -0.970. The van der Waals surface area contributed by atoms with Gasteiger partial charge in [-0.15, -0.1) is 0 Å². The Kier molecular flexibility index (Phi) is 7.45. The smallest absolute Gasteiger partial charge is 0.407 e. The van der Waals surface area contributed by atoms with Crippen molar-refractivity contribution in [1.29, 1.82) is 0 Å². The molecule has 0 fully saturated rings. The van der Waals surface area contributed by atoms with E-state index >= 15 is 0 Å². The van der Waals surface area contributed by atoms with E-state index in [0.717, 1.165) is 16.7 Å². The molecule has 180 valence electrons. The molecule has 2 amide bonds. The second kappa shape index (κ2) is 10.9. The number of ether oxygens (including phenoxy) is 1. The third-order valence-corrected chi connectivity index (χ3v) is 6.14. The molecule has 0 saturated carbocycles. The summed E-state index contributed by atoms with van der Waals surface area (Å²) < 4.78 is 5.53. The molecule has 0 heterocycles. The highest BCUT2D eigenvalue weighted by atomic mass is 16.5. The van der Waals surface area contributed by atoms with Crippen LogP contribution >= 0.6 is 0 Å². The van der Waals surface area contributed by atoms with E-state index < -0.39 is 12.1 Å². The normalized spacial score (nSPS) is 12.8. The number of fused-ring (bicyclic) bond motifs is 3. The zero-order valence-electron chi connectivity index (χ0n) is 19.5. The molecule has 3 aromatic rings. The number of rotatable bonds is 9. The zero-order valence-corrected chi connectivity index (χ0v) is 19.5. The molecule has 7 nitrogen and oxygen atoms in total. The molecule has 0 radical (unpaired) electrons. The van der Waals surface area contributed by atoms with Gasteiger partial charge in [0.1, 0.15) is 6.61 Å². The minimum Gasteiger partial charge on any atom is -0.478 e. The van der Waals surface area contributed by atoms with E-state index in [9.17, 15) is 14.4 Å². The van der Waals surface area contributed by atoms with Crippen molar-refractivity contribution in [2.24, 2.45) is 0 Å². The summed E-state index contributed by atoms with van der Waals surface area (Å²) in [5.41, 5.74) is 5.78. The van der Waals surface area contributed by atoms with E-state index in [-0.39, 0.29) is 36.5 Å². The molecule has 0 aliphatic heterocycles. The maximum absolute atomic E-state index is 12.4. The van der Waals surface area contributed by atoms with Gasteiger partial charge in [-0.05, 0) is 53.3 Å². The fraction of sp³-hybridized carbons (Fsp3) is 0.250. The number of hydrogen-bond donors (Lipinski definition) is 3. The Bertz CT molecular complexity index is 1180. The highest BCUT2D eigenvalue weighted by Crippen LogP contribution is 2.44. The molecule has 3 N–H and O–H groups in total. The first-order chi connectivity index (χ1) is 16.9. The van der Waals surface area contributed by atoms with Gasteiger partial charge >= 0.3 is 12.1 Å². The van der Waals surface area contributed by atoms with Gasteiger partial charge in [0.25, 0.3) is 0 Å². The van der Waals surface area contributed by atoms with Gasteiger partial charge in [0.2, 0.25) is 5.91 Å². The number of hydrogen-bond acceptors (Lipinski definition) is 4. The quantitative estimate of drug-likeness (QED) is 0.429. The first-order valence-electron chi connectivity index (χ1n) is 11.6. The molecule has 0 bridgehead atoms. The molecule has 3 aromatic carbocycles. The van der Waals surface area contributed by atoms with Crippen LogP contribution in [0, 0.1) is 0 Å². The van der Waals surface area contributed by atoms with Crippen molar-refractivity contribution < 1.29 is 24.2 Å². The standard InChI is InChI=1S/C28H28N2O5/c1-18(16-26(31)29-15-14-19-10-12-20(13-11-19)27(32)33)30-28(34)35-17-25-23-8-4-2-6-21(23)22-7-3-5-9-24(22)25/h2-13,18,25H,14-17H2,1H3,(H,29,31)(H,30,34)(H,32,33)/t18-/m1/s1. The lowest BCUT2D eigenvalue weighted by atomic mass is 9.98. The Balaban J connectivity index is 1.20. The Morgan fingerprint density at radius 3 is 2.11 bits per heavy atom. The van der Waals surface area contributed by atoms with Crippen LogP contribution in [0.3, 0.4) is 0 Å². The number of carbonyl (C=O) groups is 3. The third-order valence-electron chi connectivity index (χ3n) is 6.14. The zero-order chi connectivity index (χ0) is 24.8. The molecular weight excluding hydrogens is 444 g/mol. The van der Waals surface area contributed by atoms with Crippen molar-refractivity contribution in [1.82, 2.24) is 10.6 Å². The van der Waals surface area contributed by atoms with Crippen LogP contribution < -0.4 is 10.6 Å². The highest BCUT2D eigenvalue weighted by Gasteiger charge is 2.29. The number of amides is 2. The largest absolute Gasteiger partial charge is 0.478 e. The Hall–Kier alpha value is -4.13. The Labute approximate surface area is 204 Å². The fourth-order valence-corrected chi connectivity index (χ4v) is 4.40. The predicted octanol–water partition coefficient (Wildman–Crippen LogP) is 4.36. The number of aromatic carboxylic acids is 1. The first-order valence-corrected chi connectivity index (χ1v) is 11.6. The van der Waals surface area contributed by atoms with Gasteiger partial charge in [0.15, 0.2) is 0 Å². The van der Waals surface area contributed by atoms with Crippen molar-refractivity contribution in [3.8, 4) is 11.1 Å². The number of benzene rings is 3. The lowest BCUT2D eigenvalue weighted by Gasteiger charge is -2.17. The SMILES string of the molecule is C[C@H](CC(=O)NCCc1ccc(C(=O)O)cc1)NC(=O)OCC1c2ccccc2-c2ccccc21. The summed E-state index contributed by atoms with van der Waals surface area (Å²) in [5, 5.41) is 14.5. The number of carboxylic acid groups (broad SMARTS) is 1. The van der Waals surface area contributed by atoms with Crippen LogP contribution in [-0.2, 0) is 16.0 Å². The summed E-state index contributed by atoms with van der Waals surface area (Å²) in [7, 11) is 0. The maximum atomic E-state index is 12.4. The lowest BCUT2D eigenvalue weighted by Crippen LogP contribution is -2.38. The predicted molar refractivity (Wildman–Crippen MR) is 132 cm³/mol. The topological polar surface area (TPSA) is 105 Å². The molecule has 1 aliphatic rings. The average Bonchev–Trinajstić information content (AvgIpc) is 3.16. The summed E-state index contributed by atoms with van der Waals surface area (Å²) in [6.07, 6.45) is 0.160. The van der Waals surface area contributed by atoms with Crippen molar-refractivity contribution in [3.63, 3.8) is 0 Å². The van der Waals surface area contributed by atoms with Gasteiger partial charge in [-0.2, -0.15) is 0 Å². The van der Waals surface area contributed by atoms with Gasteiger partial charge in [-0.1, -0.05) is 60.7 Å². The van der Waals surface area contributed by atoms with Crippen LogP contribution in [-0.4, -0.2) is 42.3 Å².